The van der Waals surface area contributed by atoms with E-state index in [9.17, 15) is 9.59 Å². The Labute approximate surface area is 114 Å². The van der Waals surface area contributed by atoms with Crippen molar-refractivity contribution in [2.45, 2.75) is 57.5 Å². The van der Waals surface area contributed by atoms with Gasteiger partial charge in [0.15, 0.2) is 0 Å². The quantitative estimate of drug-likeness (QED) is 0.784. The van der Waals surface area contributed by atoms with Gasteiger partial charge in [-0.05, 0) is 26.7 Å². The molecule has 3 N–H and O–H groups in total. The maximum atomic E-state index is 12.2. The van der Waals surface area contributed by atoms with Crippen LogP contribution in [0.1, 0.15) is 46.0 Å². The summed E-state index contributed by atoms with van der Waals surface area (Å²) in [5.41, 5.74) is 5.21. The first-order valence-electron chi connectivity index (χ1n) is 7.24. The fourth-order valence-corrected chi connectivity index (χ4v) is 2.96. The van der Waals surface area contributed by atoms with E-state index in [1.807, 2.05) is 18.7 Å². The maximum absolute atomic E-state index is 12.2. The van der Waals surface area contributed by atoms with Gasteiger partial charge in [-0.3, -0.25) is 9.59 Å². The lowest BCUT2D eigenvalue weighted by Gasteiger charge is -2.27. The first-order valence-corrected chi connectivity index (χ1v) is 7.24. The summed E-state index contributed by atoms with van der Waals surface area (Å²) < 4.78 is 0. The molecular formula is C14H25N3O2. The van der Waals surface area contributed by atoms with Crippen LogP contribution in [0.4, 0.5) is 0 Å². The first-order chi connectivity index (χ1) is 8.93. The number of nitrogens with one attached hydrogen (secondary N) is 1. The Hall–Kier alpha value is -1.10. The molecule has 1 saturated carbocycles. The molecule has 19 heavy (non-hydrogen) atoms. The van der Waals surface area contributed by atoms with Crippen molar-refractivity contribution in [3.05, 3.63) is 0 Å². The number of rotatable bonds is 4. The van der Waals surface area contributed by atoms with Crippen LogP contribution in [0.3, 0.4) is 0 Å². The SMILES string of the molecule is CC(C)(CN)NC(=O)C1CC(=O)N(C2CCCC2)C1. The zero-order valence-corrected chi connectivity index (χ0v) is 11.9. The molecule has 5 nitrogen and oxygen atoms in total. The van der Waals surface area contributed by atoms with Crippen LogP contribution in [0.5, 0.6) is 0 Å². The van der Waals surface area contributed by atoms with Gasteiger partial charge >= 0.3 is 0 Å². The van der Waals surface area contributed by atoms with Crippen molar-refractivity contribution in [3.63, 3.8) is 0 Å². The second-order valence-corrected chi connectivity index (χ2v) is 6.46. The lowest BCUT2D eigenvalue weighted by molar-refractivity contribution is -0.130. The van der Waals surface area contributed by atoms with Gasteiger partial charge in [-0.2, -0.15) is 0 Å². The van der Waals surface area contributed by atoms with Gasteiger partial charge in [0, 0.05) is 31.1 Å². The average Bonchev–Trinajstić information content (AvgIpc) is 2.97. The Morgan fingerprint density at radius 3 is 2.63 bits per heavy atom. The number of carbonyl (C=O) groups excluding carboxylic acids is 2. The second kappa shape index (κ2) is 5.49. The van der Waals surface area contributed by atoms with Crippen LogP contribution in [-0.2, 0) is 9.59 Å². The van der Waals surface area contributed by atoms with Gasteiger partial charge in [0.05, 0.1) is 5.92 Å². The van der Waals surface area contributed by atoms with E-state index in [0.717, 1.165) is 12.8 Å². The molecule has 0 bridgehead atoms. The van der Waals surface area contributed by atoms with E-state index < -0.39 is 5.54 Å². The van der Waals surface area contributed by atoms with Gasteiger partial charge in [-0.1, -0.05) is 12.8 Å². The molecule has 0 aromatic rings. The van der Waals surface area contributed by atoms with Gasteiger partial charge < -0.3 is 16.0 Å². The van der Waals surface area contributed by atoms with Crippen molar-refractivity contribution in [1.82, 2.24) is 10.2 Å². The monoisotopic (exact) mass is 267 g/mol. The first kappa shape index (κ1) is 14.3. The molecule has 0 spiro atoms. The number of nitrogens with zero attached hydrogens (tertiary/aromatic N) is 1. The molecule has 2 fully saturated rings. The van der Waals surface area contributed by atoms with Crippen molar-refractivity contribution in [2.24, 2.45) is 11.7 Å². The minimum atomic E-state index is -0.402. The molecule has 108 valence electrons. The zero-order chi connectivity index (χ0) is 14.0. The minimum Gasteiger partial charge on any atom is -0.350 e. The molecule has 1 aliphatic carbocycles. The van der Waals surface area contributed by atoms with Crippen LogP contribution < -0.4 is 11.1 Å². The Kier molecular flexibility index (Phi) is 4.13. The Bertz CT molecular complexity index is 362. The maximum Gasteiger partial charge on any atom is 0.225 e. The summed E-state index contributed by atoms with van der Waals surface area (Å²) in [6, 6.07) is 0.368. The lowest BCUT2D eigenvalue weighted by Crippen LogP contribution is -2.51. The van der Waals surface area contributed by atoms with E-state index in [-0.39, 0.29) is 17.7 Å². The van der Waals surface area contributed by atoms with Crippen LogP contribution in [0.25, 0.3) is 0 Å². The van der Waals surface area contributed by atoms with E-state index in [1.54, 1.807) is 0 Å². The van der Waals surface area contributed by atoms with E-state index in [1.165, 1.54) is 12.8 Å². The largest absolute Gasteiger partial charge is 0.350 e. The lowest BCUT2D eigenvalue weighted by atomic mass is 10.0. The zero-order valence-electron chi connectivity index (χ0n) is 11.9. The number of likely N-dealkylation sites (tertiary alicyclic amines) is 1. The van der Waals surface area contributed by atoms with Crippen LogP contribution in [0, 0.1) is 5.92 Å². The molecule has 2 aliphatic rings. The third kappa shape index (κ3) is 3.26. The Morgan fingerprint density at radius 1 is 1.42 bits per heavy atom. The van der Waals surface area contributed by atoms with Gasteiger partial charge in [-0.15, -0.1) is 0 Å². The highest BCUT2D eigenvalue weighted by Gasteiger charge is 2.39. The van der Waals surface area contributed by atoms with E-state index in [4.69, 9.17) is 5.73 Å². The predicted octanol–water partition coefficient (Wildman–Crippen LogP) is 0.631. The molecule has 1 aliphatic heterocycles. The number of hydrogen-bond acceptors (Lipinski definition) is 3. The molecule has 2 rings (SSSR count). The number of nitrogens with two attached hydrogens (primary N) is 1. The summed E-state index contributed by atoms with van der Waals surface area (Å²) in [7, 11) is 0. The summed E-state index contributed by atoms with van der Waals surface area (Å²) in [6.07, 6.45) is 4.93. The summed E-state index contributed by atoms with van der Waals surface area (Å²) in [6.45, 7) is 4.77. The molecule has 0 aromatic heterocycles. The van der Waals surface area contributed by atoms with E-state index in [2.05, 4.69) is 5.32 Å². The Balaban J connectivity index is 1.93. The fourth-order valence-electron chi connectivity index (χ4n) is 2.96. The highest BCUT2D eigenvalue weighted by molar-refractivity contribution is 5.89. The molecular weight excluding hydrogens is 242 g/mol. The molecule has 1 atom stereocenters. The van der Waals surface area contributed by atoms with Crippen LogP contribution in [0.15, 0.2) is 0 Å². The number of hydrogen-bond donors (Lipinski definition) is 2. The van der Waals surface area contributed by atoms with Gasteiger partial charge in [-0.25, -0.2) is 0 Å². The summed E-state index contributed by atoms with van der Waals surface area (Å²) >= 11 is 0. The van der Waals surface area contributed by atoms with E-state index >= 15 is 0 Å². The fraction of sp³-hybridized carbons (Fsp3) is 0.857. The average molecular weight is 267 g/mol. The standard InChI is InChI=1S/C14H25N3O2/c1-14(2,9-15)16-13(19)10-7-12(18)17(8-10)11-5-3-4-6-11/h10-11H,3-9,15H2,1-2H3,(H,16,19). The highest BCUT2D eigenvalue weighted by Crippen LogP contribution is 2.29. The van der Waals surface area contributed by atoms with Gasteiger partial charge in [0.1, 0.15) is 0 Å². The minimum absolute atomic E-state index is 0.0377. The van der Waals surface area contributed by atoms with Gasteiger partial charge in [0.2, 0.25) is 11.8 Å². The number of amides is 2. The summed E-state index contributed by atoms with van der Waals surface area (Å²) in [5, 5.41) is 2.94. The van der Waals surface area contributed by atoms with E-state index in [0.29, 0.717) is 25.6 Å². The Morgan fingerprint density at radius 2 is 2.05 bits per heavy atom. The number of carbonyl (C=O) groups is 2. The molecule has 1 unspecified atom stereocenters. The van der Waals surface area contributed by atoms with Gasteiger partial charge in [0.25, 0.3) is 0 Å². The topological polar surface area (TPSA) is 75.4 Å². The smallest absolute Gasteiger partial charge is 0.225 e. The molecule has 0 aromatic carbocycles. The predicted molar refractivity (Wildman–Crippen MR) is 73.4 cm³/mol. The van der Waals surface area contributed by atoms with Crippen molar-refractivity contribution in [3.8, 4) is 0 Å². The molecule has 1 heterocycles. The van der Waals surface area contributed by atoms with Crippen molar-refractivity contribution >= 4 is 11.8 Å². The van der Waals surface area contributed by atoms with Crippen LogP contribution in [-0.4, -0.2) is 41.4 Å². The molecule has 1 saturated heterocycles. The normalized spacial score (nSPS) is 25.1. The second-order valence-electron chi connectivity index (χ2n) is 6.46. The third-order valence-electron chi connectivity index (χ3n) is 4.27. The van der Waals surface area contributed by atoms with Crippen LogP contribution >= 0.6 is 0 Å². The summed E-state index contributed by atoms with van der Waals surface area (Å²) in [5.74, 6) is -0.110. The highest BCUT2D eigenvalue weighted by atomic mass is 16.2. The third-order valence-corrected chi connectivity index (χ3v) is 4.27. The van der Waals surface area contributed by atoms with Crippen LogP contribution in [0.2, 0.25) is 0 Å². The van der Waals surface area contributed by atoms with Crippen molar-refractivity contribution in [2.75, 3.05) is 13.1 Å². The summed E-state index contributed by atoms with van der Waals surface area (Å²) in [4.78, 5) is 26.1. The molecule has 2 amide bonds. The molecule has 5 heteroatoms. The molecule has 0 radical (unpaired) electrons. The van der Waals surface area contributed by atoms with Crippen molar-refractivity contribution in [1.29, 1.82) is 0 Å². The van der Waals surface area contributed by atoms with Crippen molar-refractivity contribution < 1.29 is 9.59 Å².